The van der Waals surface area contributed by atoms with E-state index in [-0.39, 0.29) is 10.7 Å². The maximum absolute atomic E-state index is 11.3. The van der Waals surface area contributed by atoms with Gasteiger partial charge in [-0.25, -0.2) is 9.78 Å². The first-order valence-electron chi connectivity index (χ1n) is 4.70. The number of ether oxygens (including phenoxy) is 3. The number of halogens is 1. The molecule has 0 aromatic carbocycles. The van der Waals surface area contributed by atoms with Crippen LogP contribution in [0.5, 0.6) is 0 Å². The van der Waals surface area contributed by atoms with Crippen molar-refractivity contribution in [2.75, 3.05) is 20.3 Å². The molecule has 0 unspecified atom stereocenters. The largest absolute Gasteiger partial charge is 0.465 e. The van der Waals surface area contributed by atoms with Crippen LogP contribution in [0, 0.1) is 0 Å². The first-order chi connectivity index (χ1) is 7.72. The second-order valence-corrected chi connectivity index (χ2v) is 3.50. The summed E-state index contributed by atoms with van der Waals surface area (Å²) in [6.45, 7) is 1.06. The molecule has 0 spiro atoms. The fraction of sp³-hybridized carbons (Fsp3) is 0.400. The van der Waals surface area contributed by atoms with Gasteiger partial charge in [0.1, 0.15) is 5.15 Å². The van der Waals surface area contributed by atoms with Crippen molar-refractivity contribution in [3.63, 3.8) is 0 Å². The number of pyridine rings is 1. The zero-order chi connectivity index (χ0) is 11.5. The van der Waals surface area contributed by atoms with Crippen molar-refractivity contribution >= 4 is 17.6 Å². The summed E-state index contributed by atoms with van der Waals surface area (Å²) in [7, 11) is 1.29. The van der Waals surface area contributed by atoms with Gasteiger partial charge in [-0.3, -0.25) is 0 Å². The highest BCUT2D eigenvalue weighted by molar-refractivity contribution is 6.32. The topological polar surface area (TPSA) is 57.7 Å². The Kier molecular flexibility index (Phi) is 3.38. The molecular weight excluding hydrogens is 234 g/mol. The van der Waals surface area contributed by atoms with Gasteiger partial charge in [-0.2, -0.15) is 0 Å². The second-order valence-electron chi connectivity index (χ2n) is 3.14. The summed E-state index contributed by atoms with van der Waals surface area (Å²) < 4.78 is 15.1. The third kappa shape index (κ3) is 2.16. The fourth-order valence-electron chi connectivity index (χ4n) is 1.37. The Morgan fingerprint density at radius 3 is 2.75 bits per heavy atom. The van der Waals surface area contributed by atoms with E-state index in [0.717, 1.165) is 0 Å². The van der Waals surface area contributed by atoms with Gasteiger partial charge in [0.2, 0.25) is 6.29 Å². The minimum Gasteiger partial charge on any atom is -0.465 e. The Hall–Kier alpha value is -1.17. The molecule has 2 heterocycles. The number of hydrogen-bond acceptors (Lipinski definition) is 5. The Balaban J connectivity index is 2.25. The molecule has 0 aliphatic carbocycles. The summed E-state index contributed by atoms with van der Waals surface area (Å²) in [6.07, 6.45) is -0.496. The lowest BCUT2D eigenvalue weighted by molar-refractivity contribution is -0.0473. The van der Waals surface area contributed by atoms with Gasteiger partial charge in [-0.1, -0.05) is 11.6 Å². The van der Waals surface area contributed by atoms with Gasteiger partial charge < -0.3 is 14.2 Å². The molecule has 2 rings (SSSR count). The standard InChI is InChI=1S/C10H10ClNO4/c1-14-9(13)6-2-3-7(12-8(6)11)10-15-4-5-16-10/h2-3,10H,4-5H2,1H3. The average molecular weight is 244 g/mol. The van der Waals surface area contributed by atoms with Crippen LogP contribution in [0.3, 0.4) is 0 Å². The fourth-order valence-corrected chi connectivity index (χ4v) is 1.61. The summed E-state index contributed by atoms with van der Waals surface area (Å²) in [6, 6.07) is 3.18. The first-order valence-corrected chi connectivity index (χ1v) is 5.08. The van der Waals surface area contributed by atoms with Crippen molar-refractivity contribution in [3.05, 3.63) is 28.5 Å². The van der Waals surface area contributed by atoms with Gasteiger partial charge in [0.15, 0.2) is 0 Å². The van der Waals surface area contributed by atoms with Crippen molar-refractivity contribution in [2.45, 2.75) is 6.29 Å². The number of carbonyl (C=O) groups excluding carboxylic acids is 1. The van der Waals surface area contributed by atoms with Gasteiger partial charge in [-0.15, -0.1) is 0 Å². The lowest BCUT2D eigenvalue weighted by Crippen LogP contribution is -2.07. The van der Waals surface area contributed by atoms with E-state index >= 15 is 0 Å². The maximum Gasteiger partial charge on any atom is 0.341 e. The van der Waals surface area contributed by atoms with E-state index < -0.39 is 12.3 Å². The summed E-state index contributed by atoms with van der Waals surface area (Å²) in [5.41, 5.74) is 0.779. The van der Waals surface area contributed by atoms with Gasteiger partial charge >= 0.3 is 5.97 Å². The Morgan fingerprint density at radius 1 is 1.50 bits per heavy atom. The second kappa shape index (κ2) is 4.78. The lowest BCUT2D eigenvalue weighted by atomic mass is 10.2. The molecule has 1 aliphatic heterocycles. The molecular formula is C10H10ClNO4. The molecule has 0 bridgehead atoms. The SMILES string of the molecule is COC(=O)c1ccc(C2OCCO2)nc1Cl. The van der Waals surface area contributed by atoms with Crippen LogP contribution in [0.2, 0.25) is 5.15 Å². The van der Waals surface area contributed by atoms with E-state index in [4.69, 9.17) is 21.1 Å². The number of carbonyl (C=O) groups is 1. The van der Waals surface area contributed by atoms with E-state index in [1.807, 2.05) is 0 Å². The van der Waals surface area contributed by atoms with Gasteiger partial charge in [0.25, 0.3) is 0 Å². The number of rotatable bonds is 2. The van der Waals surface area contributed by atoms with Crippen LogP contribution in [-0.2, 0) is 14.2 Å². The number of hydrogen-bond donors (Lipinski definition) is 0. The molecule has 1 aliphatic rings. The molecule has 6 heteroatoms. The number of nitrogens with zero attached hydrogens (tertiary/aromatic N) is 1. The Labute approximate surface area is 97.3 Å². The summed E-state index contributed by atoms with van der Waals surface area (Å²) >= 11 is 5.86. The van der Waals surface area contributed by atoms with Crippen LogP contribution in [0.4, 0.5) is 0 Å². The molecule has 1 aromatic rings. The molecule has 0 radical (unpaired) electrons. The highest BCUT2D eigenvalue weighted by Gasteiger charge is 2.21. The highest BCUT2D eigenvalue weighted by atomic mass is 35.5. The van der Waals surface area contributed by atoms with E-state index in [1.54, 1.807) is 12.1 Å². The van der Waals surface area contributed by atoms with Gasteiger partial charge in [-0.05, 0) is 12.1 Å². The molecule has 16 heavy (non-hydrogen) atoms. The van der Waals surface area contributed by atoms with Crippen LogP contribution < -0.4 is 0 Å². The van der Waals surface area contributed by atoms with E-state index in [2.05, 4.69) is 9.72 Å². The predicted molar refractivity (Wildman–Crippen MR) is 55.2 cm³/mol. The third-order valence-corrected chi connectivity index (χ3v) is 2.43. The summed E-state index contributed by atoms with van der Waals surface area (Å²) in [4.78, 5) is 15.3. The smallest absolute Gasteiger partial charge is 0.341 e. The highest BCUT2D eigenvalue weighted by Crippen LogP contribution is 2.24. The zero-order valence-corrected chi connectivity index (χ0v) is 9.36. The first kappa shape index (κ1) is 11.3. The van der Waals surface area contributed by atoms with Crippen LogP contribution in [-0.4, -0.2) is 31.3 Å². The monoisotopic (exact) mass is 243 g/mol. The van der Waals surface area contributed by atoms with Crippen LogP contribution in [0.25, 0.3) is 0 Å². The molecule has 1 fully saturated rings. The molecule has 1 aromatic heterocycles. The number of methoxy groups -OCH3 is 1. The number of esters is 1. The minimum atomic E-state index is -0.516. The molecule has 86 valence electrons. The quantitative estimate of drug-likeness (QED) is 0.583. The van der Waals surface area contributed by atoms with Crippen molar-refractivity contribution in [1.82, 2.24) is 4.98 Å². The third-order valence-electron chi connectivity index (χ3n) is 2.14. The Morgan fingerprint density at radius 2 is 2.19 bits per heavy atom. The molecule has 0 saturated carbocycles. The molecule has 1 saturated heterocycles. The zero-order valence-electron chi connectivity index (χ0n) is 8.60. The van der Waals surface area contributed by atoms with Crippen molar-refractivity contribution in [3.8, 4) is 0 Å². The molecule has 0 N–H and O–H groups in total. The molecule has 5 nitrogen and oxygen atoms in total. The van der Waals surface area contributed by atoms with Gasteiger partial charge in [0, 0.05) is 0 Å². The van der Waals surface area contributed by atoms with Crippen LogP contribution >= 0.6 is 11.6 Å². The van der Waals surface area contributed by atoms with Crippen LogP contribution in [0.15, 0.2) is 12.1 Å². The average Bonchev–Trinajstić information content (AvgIpc) is 2.81. The molecule has 0 atom stereocenters. The van der Waals surface area contributed by atoms with E-state index in [1.165, 1.54) is 7.11 Å². The van der Waals surface area contributed by atoms with Crippen LogP contribution in [0.1, 0.15) is 22.3 Å². The molecule has 0 amide bonds. The van der Waals surface area contributed by atoms with E-state index in [9.17, 15) is 4.79 Å². The van der Waals surface area contributed by atoms with Crippen molar-refractivity contribution < 1.29 is 19.0 Å². The van der Waals surface area contributed by atoms with E-state index in [0.29, 0.717) is 18.9 Å². The summed E-state index contributed by atoms with van der Waals surface area (Å²) in [5, 5.41) is 0.0865. The number of aromatic nitrogens is 1. The van der Waals surface area contributed by atoms with Crippen molar-refractivity contribution in [1.29, 1.82) is 0 Å². The normalized spacial score (nSPS) is 16.4. The van der Waals surface area contributed by atoms with Gasteiger partial charge in [0.05, 0.1) is 31.6 Å². The van der Waals surface area contributed by atoms with Crippen molar-refractivity contribution in [2.24, 2.45) is 0 Å². The lowest BCUT2D eigenvalue weighted by Gasteiger charge is -2.09. The summed E-state index contributed by atoms with van der Waals surface area (Å²) in [5.74, 6) is -0.516. The Bertz CT molecular complexity index is 404. The predicted octanol–water partition coefficient (Wildman–Crippen LogP) is 1.57. The maximum atomic E-state index is 11.3. The minimum absolute atomic E-state index is 0.0865.